The molecule has 2 aromatic carbocycles. The van der Waals surface area contributed by atoms with Crippen LogP contribution in [0.2, 0.25) is 0 Å². The van der Waals surface area contributed by atoms with Gasteiger partial charge in [0, 0.05) is 25.2 Å². The molecule has 3 rings (SSSR count). The summed E-state index contributed by atoms with van der Waals surface area (Å²) in [4.78, 5) is 24.2. The Morgan fingerprint density at radius 2 is 1.59 bits per heavy atom. The first-order valence-corrected chi connectivity index (χ1v) is 12.5. The van der Waals surface area contributed by atoms with Crippen molar-refractivity contribution in [3.8, 4) is 0 Å². The van der Waals surface area contributed by atoms with Crippen molar-refractivity contribution in [2.45, 2.75) is 49.8 Å². The molecule has 1 amide bonds. The number of nitrogens with one attached hydrogen (secondary N) is 1. The molecule has 0 aromatic heterocycles. The molecule has 0 spiro atoms. The predicted octanol–water partition coefficient (Wildman–Crippen LogP) is 3.76. The highest BCUT2D eigenvalue weighted by atomic mass is 32.2. The van der Waals surface area contributed by atoms with Gasteiger partial charge in [-0.3, -0.25) is 9.59 Å². The van der Waals surface area contributed by atoms with Gasteiger partial charge in [-0.15, -0.1) is 0 Å². The molecule has 1 aliphatic rings. The monoisotopic (exact) mass is 458 g/mol. The molecule has 0 unspecified atom stereocenters. The van der Waals surface area contributed by atoms with Crippen LogP contribution in [0.25, 0.3) is 0 Å². The van der Waals surface area contributed by atoms with E-state index in [1.54, 1.807) is 12.1 Å². The molecular formula is C24H30N2O5S. The third-order valence-corrected chi connectivity index (χ3v) is 7.28. The SMILES string of the molecule is O=C(CCC(=O)OCCCc1ccccc1)Nc1ccc(S(=O)(=O)N2CCCCC2)cc1. The number of hydrogen-bond acceptors (Lipinski definition) is 5. The van der Waals surface area contributed by atoms with Crippen molar-refractivity contribution >= 4 is 27.6 Å². The third-order valence-electron chi connectivity index (χ3n) is 5.36. The van der Waals surface area contributed by atoms with Crippen LogP contribution >= 0.6 is 0 Å². The number of amides is 1. The molecule has 1 N–H and O–H groups in total. The van der Waals surface area contributed by atoms with E-state index in [-0.39, 0.29) is 23.6 Å². The molecule has 0 radical (unpaired) electrons. The molecule has 1 fully saturated rings. The molecule has 7 nitrogen and oxygen atoms in total. The van der Waals surface area contributed by atoms with Gasteiger partial charge in [-0.1, -0.05) is 36.8 Å². The first-order valence-electron chi connectivity index (χ1n) is 11.0. The Kier molecular flexibility index (Phi) is 8.81. The number of carbonyl (C=O) groups is 2. The Labute approximate surface area is 189 Å². The van der Waals surface area contributed by atoms with Crippen LogP contribution in [0.5, 0.6) is 0 Å². The number of benzene rings is 2. The predicted molar refractivity (Wildman–Crippen MR) is 123 cm³/mol. The molecule has 1 saturated heterocycles. The summed E-state index contributed by atoms with van der Waals surface area (Å²) >= 11 is 0. The van der Waals surface area contributed by atoms with Crippen LogP contribution < -0.4 is 5.32 Å². The smallest absolute Gasteiger partial charge is 0.306 e. The van der Waals surface area contributed by atoms with Crippen LogP contribution in [-0.4, -0.2) is 44.3 Å². The molecule has 32 heavy (non-hydrogen) atoms. The maximum atomic E-state index is 12.7. The second-order valence-electron chi connectivity index (χ2n) is 7.85. The number of piperidine rings is 1. The summed E-state index contributed by atoms with van der Waals surface area (Å²) < 4.78 is 32.0. The van der Waals surface area contributed by atoms with E-state index < -0.39 is 16.0 Å². The lowest BCUT2D eigenvalue weighted by Gasteiger charge is -2.25. The maximum Gasteiger partial charge on any atom is 0.306 e. The fourth-order valence-corrected chi connectivity index (χ4v) is 5.10. The Hall–Kier alpha value is -2.71. The molecule has 172 valence electrons. The van der Waals surface area contributed by atoms with Crippen LogP contribution in [0.4, 0.5) is 5.69 Å². The summed E-state index contributed by atoms with van der Waals surface area (Å²) in [6.45, 7) is 1.41. The van der Waals surface area contributed by atoms with Crippen molar-refractivity contribution in [1.82, 2.24) is 4.31 Å². The number of ether oxygens (including phenoxy) is 1. The number of esters is 1. The highest BCUT2D eigenvalue weighted by Gasteiger charge is 2.25. The minimum atomic E-state index is -3.50. The van der Waals surface area contributed by atoms with Gasteiger partial charge in [-0.2, -0.15) is 4.31 Å². The molecule has 1 heterocycles. The fourth-order valence-electron chi connectivity index (χ4n) is 3.58. The number of aryl methyl sites for hydroxylation is 1. The Balaban J connectivity index is 1.37. The van der Waals surface area contributed by atoms with Crippen molar-refractivity contribution in [2.75, 3.05) is 25.0 Å². The minimum absolute atomic E-state index is 0.00140. The number of hydrogen-bond donors (Lipinski definition) is 1. The summed E-state index contributed by atoms with van der Waals surface area (Å²) in [7, 11) is -3.50. The van der Waals surface area contributed by atoms with Crippen LogP contribution in [0.3, 0.4) is 0 Å². The van der Waals surface area contributed by atoms with E-state index in [1.807, 2.05) is 30.3 Å². The van der Waals surface area contributed by atoms with E-state index >= 15 is 0 Å². The lowest BCUT2D eigenvalue weighted by molar-refractivity contribution is -0.144. The van der Waals surface area contributed by atoms with E-state index in [1.165, 1.54) is 22.0 Å². The quantitative estimate of drug-likeness (QED) is 0.432. The topological polar surface area (TPSA) is 92.8 Å². The van der Waals surface area contributed by atoms with Gasteiger partial charge in [-0.05, 0) is 55.5 Å². The molecule has 0 saturated carbocycles. The van der Waals surface area contributed by atoms with E-state index in [0.29, 0.717) is 25.4 Å². The number of nitrogens with zero attached hydrogens (tertiary/aromatic N) is 1. The fraction of sp³-hybridized carbons (Fsp3) is 0.417. The van der Waals surface area contributed by atoms with Gasteiger partial charge in [0.25, 0.3) is 0 Å². The van der Waals surface area contributed by atoms with E-state index in [2.05, 4.69) is 5.32 Å². The van der Waals surface area contributed by atoms with E-state index in [9.17, 15) is 18.0 Å². The molecule has 0 atom stereocenters. The number of carbonyl (C=O) groups excluding carboxylic acids is 2. The molecule has 8 heteroatoms. The lowest BCUT2D eigenvalue weighted by Crippen LogP contribution is -2.35. The average Bonchev–Trinajstić information content (AvgIpc) is 2.82. The Bertz CT molecular complexity index is 985. The zero-order valence-corrected chi connectivity index (χ0v) is 19.0. The third kappa shape index (κ3) is 7.17. The molecular weight excluding hydrogens is 428 g/mol. The zero-order chi connectivity index (χ0) is 22.8. The highest BCUT2D eigenvalue weighted by molar-refractivity contribution is 7.89. The van der Waals surface area contributed by atoms with Gasteiger partial charge < -0.3 is 10.1 Å². The van der Waals surface area contributed by atoms with Crippen LogP contribution in [0, 0.1) is 0 Å². The first kappa shape index (κ1) is 23.9. The number of sulfonamides is 1. The average molecular weight is 459 g/mol. The molecule has 2 aromatic rings. The van der Waals surface area contributed by atoms with Gasteiger partial charge in [0.2, 0.25) is 15.9 Å². The second-order valence-corrected chi connectivity index (χ2v) is 9.78. The highest BCUT2D eigenvalue weighted by Crippen LogP contribution is 2.22. The molecule has 0 bridgehead atoms. The number of rotatable bonds is 10. The summed E-state index contributed by atoms with van der Waals surface area (Å²) in [6.07, 6.45) is 4.38. The second kappa shape index (κ2) is 11.8. The maximum absolute atomic E-state index is 12.7. The standard InChI is InChI=1S/C24H30N2O5S/c27-23(15-16-24(28)31-19-7-10-20-8-3-1-4-9-20)25-21-11-13-22(14-12-21)32(29,30)26-17-5-2-6-18-26/h1,3-4,8-9,11-14H,2,5-7,10,15-19H2,(H,25,27). The van der Waals surface area contributed by atoms with E-state index in [0.717, 1.165) is 32.1 Å². The Morgan fingerprint density at radius 1 is 0.906 bits per heavy atom. The zero-order valence-electron chi connectivity index (χ0n) is 18.2. The summed E-state index contributed by atoms with van der Waals surface area (Å²) in [5, 5.41) is 2.69. The summed E-state index contributed by atoms with van der Waals surface area (Å²) in [5.74, 6) is -0.728. The van der Waals surface area contributed by atoms with Crippen molar-refractivity contribution in [3.63, 3.8) is 0 Å². The molecule has 1 aliphatic heterocycles. The summed E-state index contributed by atoms with van der Waals surface area (Å²) in [6, 6.07) is 16.1. The van der Waals surface area contributed by atoms with Crippen molar-refractivity contribution in [2.24, 2.45) is 0 Å². The summed E-state index contributed by atoms with van der Waals surface area (Å²) in [5.41, 5.74) is 1.68. The van der Waals surface area contributed by atoms with Gasteiger partial charge in [0.1, 0.15) is 0 Å². The molecule has 0 aliphatic carbocycles. The lowest BCUT2D eigenvalue weighted by atomic mass is 10.1. The van der Waals surface area contributed by atoms with Crippen molar-refractivity contribution in [3.05, 3.63) is 60.2 Å². The van der Waals surface area contributed by atoms with Crippen molar-refractivity contribution in [1.29, 1.82) is 0 Å². The normalized spacial score (nSPS) is 14.6. The number of anilines is 1. The van der Waals surface area contributed by atoms with Crippen LogP contribution in [0.15, 0.2) is 59.5 Å². The van der Waals surface area contributed by atoms with Gasteiger partial charge in [0.05, 0.1) is 17.9 Å². The largest absolute Gasteiger partial charge is 0.466 e. The minimum Gasteiger partial charge on any atom is -0.466 e. The van der Waals surface area contributed by atoms with Crippen LogP contribution in [0.1, 0.15) is 44.1 Å². The van der Waals surface area contributed by atoms with E-state index in [4.69, 9.17) is 4.74 Å². The first-order chi connectivity index (χ1) is 15.4. The van der Waals surface area contributed by atoms with Gasteiger partial charge in [-0.25, -0.2) is 8.42 Å². The van der Waals surface area contributed by atoms with Crippen molar-refractivity contribution < 1.29 is 22.7 Å². The Morgan fingerprint density at radius 3 is 2.28 bits per heavy atom. The van der Waals surface area contributed by atoms with Crippen LogP contribution in [-0.2, 0) is 30.8 Å². The van der Waals surface area contributed by atoms with Gasteiger partial charge in [0.15, 0.2) is 0 Å². The van der Waals surface area contributed by atoms with Gasteiger partial charge >= 0.3 is 5.97 Å².